The number of hydrogen-bond donors (Lipinski definition) is 1. The van der Waals surface area contributed by atoms with Crippen molar-refractivity contribution in [3.05, 3.63) is 12.8 Å². The summed E-state index contributed by atoms with van der Waals surface area (Å²) in [6, 6.07) is 0. The molecule has 70 valence electrons. The number of ether oxygens (including phenoxy) is 3. The standard InChI is InChI=1S/C7H13NO4/c1-2-11-7(9)12-6-5-10-4-3-8/h2H,1,3-6,8H2. The lowest BCUT2D eigenvalue weighted by Gasteiger charge is -2.02. The Hall–Kier alpha value is -1.07. The van der Waals surface area contributed by atoms with Gasteiger partial charge in [0, 0.05) is 6.54 Å². The number of rotatable bonds is 6. The van der Waals surface area contributed by atoms with Crippen LogP contribution in [0.25, 0.3) is 0 Å². The molecule has 0 spiro atoms. The molecule has 0 radical (unpaired) electrons. The fourth-order valence-corrected chi connectivity index (χ4v) is 0.471. The van der Waals surface area contributed by atoms with Crippen molar-refractivity contribution < 1.29 is 19.0 Å². The van der Waals surface area contributed by atoms with Crippen molar-refractivity contribution in [2.24, 2.45) is 5.73 Å². The Balaban J connectivity index is 3.08. The minimum Gasteiger partial charge on any atom is -0.432 e. The maximum absolute atomic E-state index is 10.5. The van der Waals surface area contributed by atoms with Gasteiger partial charge in [-0.3, -0.25) is 0 Å². The predicted octanol–water partition coefficient (Wildman–Crippen LogP) is 0.258. The van der Waals surface area contributed by atoms with Gasteiger partial charge in [-0.25, -0.2) is 4.79 Å². The van der Waals surface area contributed by atoms with Crippen molar-refractivity contribution in [3.63, 3.8) is 0 Å². The van der Waals surface area contributed by atoms with Gasteiger partial charge in [-0.15, -0.1) is 0 Å². The van der Waals surface area contributed by atoms with E-state index < -0.39 is 6.16 Å². The Bertz CT molecular complexity index is 137. The van der Waals surface area contributed by atoms with Crippen LogP contribution < -0.4 is 5.73 Å². The summed E-state index contributed by atoms with van der Waals surface area (Å²) in [6.45, 7) is 4.58. The van der Waals surface area contributed by atoms with Crippen LogP contribution in [0, 0.1) is 0 Å². The van der Waals surface area contributed by atoms with Crippen LogP contribution in [0.2, 0.25) is 0 Å². The summed E-state index contributed by atoms with van der Waals surface area (Å²) in [5.41, 5.74) is 5.15. The van der Waals surface area contributed by atoms with Gasteiger partial charge in [-0.1, -0.05) is 6.58 Å². The number of carbonyl (C=O) groups is 1. The minimum absolute atomic E-state index is 0.159. The van der Waals surface area contributed by atoms with E-state index in [9.17, 15) is 4.79 Å². The summed E-state index contributed by atoms with van der Waals surface area (Å²) in [7, 11) is 0. The lowest BCUT2D eigenvalue weighted by atomic mass is 10.7. The van der Waals surface area contributed by atoms with Crippen molar-refractivity contribution in [1.82, 2.24) is 0 Å². The topological polar surface area (TPSA) is 70.8 Å². The van der Waals surface area contributed by atoms with Crippen LogP contribution in [0.15, 0.2) is 12.8 Å². The molecule has 0 aliphatic carbocycles. The second-order valence-corrected chi connectivity index (χ2v) is 1.78. The minimum atomic E-state index is -0.777. The van der Waals surface area contributed by atoms with E-state index in [1.165, 1.54) is 0 Å². The summed E-state index contributed by atoms with van der Waals surface area (Å²) < 4.78 is 13.7. The molecule has 0 aromatic rings. The van der Waals surface area contributed by atoms with E-state index in [0.717, 1.165) is 6.26 Å². The van der Waals surface area contributed by atoms with Crippen LogP contribution in [0.3, 0.4) is 0 Å². The van der Waals surface area contributed by atoms with Gasteiger partial charge >= 0.3 is 6.16 Å². The van der Waals surface area contributed by atoms with Gasteiger partial charge in [-0.05, 0) is 0 Å². The number of hydrogen-bond acceptors (Lipinski definition) is 5. The molecule has 0 fully saturated rings. The maximum Gasteiger partial charge on any atom is 0.513 e. The molecule has 0 aromatic heterocycles. The van der Waals surface area contributed by atoms with E-state index >= 15 is 0 Å². The first-order valence-corrected chi connectivity index (χ1v) is 3.53. The first kappa shape index (κ1) is 10.9. The molecule has 0 rings (SSSR count). The van der Waals surface area contributed by atoms with Crippen molar-refractivity contribution in [3.8, 4) is 0 Å². The molecular weight excluding hydrogens is 162 g/mol. The van der Waals surface area contributed by atoms with Gasteiger partial charge in [0.15, 0.2) is 0 Å². The first-order chi connectivity index (χ1) is 5.81. The van der Waals surface area contributed by atoms with Crippen LogP contribution in [-0.4, -0.2) is 32.5 Å². The summed E-state index contributed by atoms with van der Waals surface area (Å²) in [5, 5.41) is 0. The third-order valence-electron chi connectivity index (χ3n) is 0.889. The summed E-state index contributed by atoms with van der Waals surface area (Å²) in [6.07, 6.45) is 0.227. The molecule has 5 heteroatoms. The Morgan fingerprint density at radius 2 is 2.17 bits per heavy atom. The maximum atomic E-state index is 10.5. The zero-order valence-corrected chi connectivity index (χ0v) is 6.82. The lowest BCUT2D eigenvalue weighted by Crippen LogP contribution is -2.14. The molecule has 0 aliphatic rings. The van der Waals surface area contributed by atoms with Crippen LogP contribution in [0.1, 0.15) is 0 Å². The van der Waals surface area contributed by atoms with Gasteiger partial charge in [0.1, 0.15) is 6.61 Å². The lowest BCUT2D eigenvalue weighted by molar-refractivity contribution is 0.0465. The van der Waals surface area contributed by atoms with E-state index in [1.54, 1.807) is 0 Å². The monoisotopic (exact) mass is 175 g/mol. The average Bonchev–Trinajstić information content (AvgIpc) is 2.05. The van der Waals surface area contributed by atoms with E-state index in [4.69, 9.17) is 10.5 Å². The number of carbonyl (C=O) groups excluding carboxylic acids is 1. The summed E-state index contributed by atoms with van der Waals surface area (Å²) in [5.74, 6) is 0. The van der Waals surface area contributed by atoms with Crippen molar-refractivity contribution in [2.75, 3.05) is 26.4 Å². The SMILES string of the molecule is C=COC(=O)OCCOCCN. The zero-order valence-electron chi connectivity index (χ0n) is 6.82. The molecule has 12 heavy (non-hydrogen) atoms. The van der Waals surface area contributed by atoms with Crippen LogP contribution in [0.4, 0.5) is 4.79 Å². The van der Waals surface area contributed by atoms with Gasteiger partial charge < -0.3 is 19.9 Å². The van der Waals surface area contributed by atoms with Gasteiger partial charge in [-0.2, -0.15) is 0 Å². The van der Waals surface area contributed by atoms with Gasteiger partial charge in [0.25, 0.3) is 0 Å². The number of nitrogens with two attached hydrogens (primary N) is 1. The zero-order chi connectivity index (χ0) is 9.23. The fourth-order valence-electron chi connectivity index (χ4n) is 0.471. The molecule has 0 saturated carbocycles. The molecule has 5 nitrogen and oxygen atoms in total. The summed E-state index contributed by atoms with van der Waals surface area (Å²) >= 11 is 0. The van der Waals surface area contributed by atoms with Gasteiger partial charge in [0.05, 0.1) is 19.5 Å². The molecule has 0 amide bonds. The Morgan fingerprint density at radius 1 is 1.42 bits per heavy atom. The quantitative estimate of drug-likeness (QED) is 0.356. The Morgan fingerprint density at radius 3 is 2.75 bits per heavy atom. The highest BCUT2D eigenvalue weighted by Crippen LogP contribution is 1.85. The largest absolute Gasteiger partial charge is 0.513 e. The molecule has 0 unspecified atom stereocenters. The Labute approximate surface area is 71.1 Å². The summed E-state index contributed by atoms with van der Waals surface area (Å²) in [4.78, 5) is 10.5. The molecule has 0 saturated heterocycles. The smallest absolute Gasteiger partial charge is 0.432 e. The fraction of sp³-hybridized carbons (Fsp3) is 0.571. The third-order valence-corrected chi connectivity index (χ3v) is 0.889. The normalized spacial score (nSPS) is 9.08. The predicted molar refractivity (Wildman–Crippen MR) is 42.5 cm³/mol. The van der Waals surface area contributed by atoms with E-state index in [0.29, 0.717) is 19.8 Å². The molecule has 0 heterocycles. The van der Waals surface area contributed by atoms with Gasteiger partial charge in [0.2, 0.25) is 0 Å². The van der Waals surface area contributed by atoms with Crippen molar-refractivity contribution in [1.29, 1.82) is 0 Å². The Kier molecular flexibility index (Phi) is 7.31. The second-order valence-electron chi connectivity index (χ2n) is 1.78. The van der Waals surface area contributed by atoms with Crippen LogP contribution in [0.5, 0.6) is 0 Å². The van der Waals surface area contributed by atoms with E-state index in [-0.39, 0.29) is 6.61 Å². The van der Waals surface area contributed by atoms with E-state index in [1.807, 2.05) is 0 Å². The molecule has 0 atom stereocenters. The van der Waals surface area contributed by atoms with Crippen molar-refractivity contribution >= 4 is 6.16 Å². The molecule has 0 aliphatic heterocycles. The third kappa shape index (κ3) is 7.04. The van der Waals surface area contributed by atoms with E-state index in [2.05, 4.69) is 16.1 Å². The highest BCUT2D eigenvalue weighted by Gasteiger charge is 1.99. The first-order valence-electron chi connectivity index (χ1n) is 3.53. The van der Waals surface area contributed by atoms with Crippen LogP contribution in [-0.2, 0) is 14.2 Å². The highest BCUT2D eigenvalue weighted by molar-refractivity contribution is 5.60. The molecule has 0 bridgehead atoms. The molecule has 0 aromatic carbocycles. The second kappa shape index (κ2) is 8.03. The molecular formula is C7H13NO4. The highest BCUT2D eigenvalue weighted by atomic mass is 16.7. The van der Waals surface area contributed by atoms with Crippen molar-refractivity contribution in [2.45, 2.75) is 0 Å². The molecule has 2 N–H and O–H groups in total. The average molecular weight is 175 g/mol. The van der Waals surface area contributed by atoms with Crippen LogP contribution >= 0.6 is 0 Å².